The number of hydrogen-bond donors (Lipinski definition) is 2. The first-order valence-corrected chi connectivity index (χ1v) is 7.05. The fourth-order valence-electron chi connectivity index (χ4n) is 2.77. The van der Waals surface area contributed by atoms with E-state index in [2.05, 4.69) is 5.32 Å². The Hall–Kier alpha value is -1.27. The van der Waals surface area contributed by atoms with Crippen molar-refractivity contribution in [3.63, 3.8) is 0 Å². The zero-order chi connectivity index (χ0) is 15.5. The van der Waals surface area contributed by atoms with E-state index < -0.39 is 12.6 Å². The molecule has 1 aliphatic rings. The SMILES string of the molecule is Cl.N[C@@H]1CCC[C@H]1CC(=O)Nc1ccccc1CC(F)(F)F. The van der Waals surface area contributed by atoms with E-state index in [1.54, 1.807) is 6.07 Å². The molecule has 1 aliphatic carbocycles. The molecule has 1 fully saturated rings. The highest BCUT2D eigenvalue weighted by Crippen LogP contribution is 2.29. The van der Waals surface area contributed by atoms with Crippen LogP contribution in [0.3, 0.4) is 0 Å². The maximum Gasteiger partial charge on any atom is 0.393 e. The number of hydrogen-bond acceptors (Lipinski definition) is 2. The average molecular weight is 337 g/mol. The molecule has 1 aromatic carbocycles. The maximum absolute atomic E-state index is 12.5. The lowest BCUT2D eigenvalue weighted by molar-refractivity contribution is -0.127. The van der Waals surface area contributed by atoms with Crippen molar-refractivity contribution in [1.29, 1.82) is 0 Å². The molecule has 3 nitrogen and oxygen atoms in total. The summed E-state index contributed by atoms with van der Waals surface area (Å²) in [5, 5.41) is 2.59. The Morgan fingerprint density at radius 3 is 2.55 bits per heavy atom. The van der Waals surface area contributed by atoms with Crippen LogP contribution in [0.25, 0.3) is 0 Å². The highest BCUT2D eigenvalue weighted by molar-refractivity contribution is 5.91. The molecule has 0 bridgehead atoms. The monoisotopic (exact) mass is 336 g/mol. The number of anilines is 1. The highest BCUT2D eigenvalue weighted by atomic mass is 35.5. The molecule has 124 valence electrons. The normalized spacial score (nSPS) is 21.3. The summed E-state index contributed by atoms with van der Waals surface area (Å²) >= 11 is 0. The number of carbonyl (C=O) groups excluding carboxylic acids is 1. The van der Waals surface area contributed by atoms with Gasteiger partial charge in [-0.3, -0.25) is 4.79 Å². The van der Waals surface area contributed by atoms with Gasteiger partial charge in [0.1, 0.15) is 0 Å². The summed E-state index contributed by atoms with van der Waals surface area (Å²) in [5.74, 6) is -0.147. The number of carbonyl (C=O) groups is 1. The number of nitrogens with two attached hydrogens (primary N) is 1. The number of rotatable bonds is 4. The molecule has 1 saturated carbocycles. The second kappa shape index (κ2) is 7.83. The van der Waals surface area contributed by atoms with Gasteiger partial charge in [-0.15, -0.1) is 12.4 Å². The first-order chi connectivity index (χ1) is 9.85. The molecule has 3 N–H and O–H groups in total. The molecule has 1 aromatic rings. The summed E-state index contributed by atoms with van der Waals surface area (Å²) in [5.41, 5.74) is 6.21. The van der Waals surface area contributed by atoms with Crippen LogP contribution in [0.1, 0.15) is 31.2 Å². The van der Waals surface area contributed by atoms with E-state index in [9.17, 15) is 18.0 Å². The van der Waals surface area contributed by atoms with Crippen molar-refractivity contribution >= 4 is 24.0 Å². The summed E-state index contributed by atoms with van der Waals surface area (Å²) in [4.78, 5) is 12.0. The minimum atomic E-state index is -4.30. The number of para-hydroxylation sites is 1. The molecular weight excluding hydrogens is 317 g/mol. The van der Waals surface area contributed by atoms with Crippen LogP contribution < -0.4 is 11.1 Å². The van der Waals surface area contributed by atoms with E-state index in [0.29, 0.717) is 0 Å². The largest absolute Gasteiger partial charge is 0.393 e. The third-order valence-electron chi connectivity index (χ3n) is 3.85. The van der Waals surface area contributed by atoms with Gasteiger partial charge in [-0.2, -0.15) is 13.2 Å². The number of halogens is 4. The van der Waals surface area contributed by atoms with Crippen molar-refractivity contribution in [2.75, 3.05) is 5.32 Å². The lowest BCUT2D eigenvalue weighted by atomic mass is 9.99. The maximum atomic E-state index is 12.5. The van der Waals surface area contributed by atoms with E-state index >= 15 is 0 Å². The van der Waals surface area contributed by atoms with Gasteiger partial charge in [-0.1, -0.05) is 24.6 Å². The van der Waals surface area contributed by atoms with E-state index in [0.717, 1.165) is 19.3 Å². The second-order valence-corrected chi connectivity index (χ2v) is 5.56. The molecule has 0 heterocycles. The average Bonchev–Trinajstić information content (AvgIpc) is 2.76. The molecule has 0 unspecified atom stereocenters. The first-order valence-electron chi connectivity index (χ1n) is 7.05. The van der Waals surface area contributed by atoms with Crippen molar-refractivity contribution in [2.24, 2.45) is 11.7 Å². The fraction of sp³-hybridized carbons (Fsp3) is 0.533. The van der Waals surface area contributed by atoms with Crippen LogP contribution in [0.2, 0.25) is 0 Å². The van der Waals surface area contributed by atoms with Gasteiger partial charge in [0, 0.05) is 18.2 Å². The number of alkyl halides is 3. The lowest BCUT2D eigenvalue weighted by Gasteiger charge is -2.16. The van der Waals surface area contributed by atoms with Gasteiger partial charge in [-0.25, -0.2) is 0 Å². The Morgan fingerprint density at radius 2 is 1.95 bits per heavy atom. The summed E-state index contributed by atoms with van der Waals surface area (Å²) in [6.45, 7) is 0. The van der Waals surface area contributed by atoms with Gasteiger partial charge in [0.25, 0.3) is 0 Å². The van der Waals surface area contributed by atoms with Gasteiger partial charge >= 0.3 is 6.18 Å². The number of nitrogens with one attached hydrogen (secondary N) is 1. The third kappa shape index (κ3) is 5.50. The molecule has 0 saturated heterocycles. The molecular formula is C15H20ClF3N2O. The van der Waals surface area contributed by atoms with E-state index in [1.165, 1.54) is 18.2 Å². The Labute approximate surface area is 133 Å². The quantitative estimate of drug-likeness (QED) is 0.881. The van der Waals surface area contributed by atoms with Crippen LogP contribution in [0, 0.1) is 5.92 Å². The smallest absolute Gasteiger partial charge is 0.327 e. The zero-order valence-corrected chi connectivity index (χ0v) is 12.8. The summed E-state index contributed by atoms with van der Waals surface area (Å²) in [6.07, 6.45) is -2.27. The third-order valence-corrected chi connectivity index (χ3v) is 3.85. The van der Waals surface area contributed by atoms with Gasteiger partial charge in [-0.05, 0) is 30.4 Å². The number of benzene rings is 1. The first kappa shape index (κ1) is 18.8. The van der Waals surface area contributed by atoms with E-state index in [4.69, 9.17) is 5.73 Å². The van der Waals surface area contributed by atoms with Crippen molar-refractivity contribution < 1.29 is 18.0 Å². The molecule has 0 radical (unpaired) electrons. The lowest BCUT2D eigenvalue weighted by Crippen LogP contribution is -2.28. The van der Waals surface area contributed by atoms with Crippen LogP contribution in [0.5, 0.6) is 0 Å². The summed E-state index contributed by atoms with van der Waals surface area (Å²) in [7, 11) is 0. The van der Waals surface area contributed by atoms with Crippen LogP contribution >= 0.6 is 12.4 Å². The van der Waals surface area contributed by atoms with Crippen molar-refractivity contribution in [1.82, 2.24) is 0 Å². The highest BCUT2D eigenvalue weighted by Gasteiger charge is 2.30. The van der Waals surface area contributed by atoms with E-state index in [-0.39, 0.29) is 47.9 Å². The minimum Gasteiger partial charge on any atom is -0.327 e. The molecule has 0 aliphatic heterocycles. The molecule has 0 spiro atoms. The Morgan fingerprint density at radius 1 is 1.27 bits per heavy atom. The van der Waals surface area contributed by atoms with Gasteiger partial charge in [0.05, 0.1) is 6.42 Å². The molecule has 0 aromatic heterocycles. The number of amides is 1. The summed E-state index contributed by atoms with van der Waals surface area (Å²) < 4.78 is 37.5. The van der Waals surface area contributed by atoms with Crippen LogP contribution in [0.15, 0.2) is 24.3 Å². The predicted octanol–water partition coefficient (Wildman–Crippen LogP) is 3.67. The molecule has 2 rings (SSSR count). The molecule has 7 heteroatoms. The van der Waals surface area contributed by atoms with Crippen LogP contribution in [-0.4, -0.2) is 18.1 Å². The fourth-order valence-corrected chi connectivity index (χ4v) is 2.77. The second-order valence-electron chi connectivity index (χ2n) is 5.56. The Kier molecular flexibility index (Phi) is 6.68. The Bertz CT molecular complexity index is 508. The minimum absolute atomic E-state index is 0. The van der Waals surface area contributed by atoms with Crippen molar-refractivity contribution in [3.8, 4) is 0 Å². The van der Waals surface area contributed by atoms with Crippen LogP contribution in [0.4, 0.5) is 18.9 Å². The van der Waals surface area contributed by atoms with Crippen LogP contribution in [-0.2, 0) is 11.2 Å². The van der Waals surface area contributed by atoms with E-state index in [1.807, 2.05) is 0 Å². The molecule has 2 atom stereocenters. The standard InChI is InChI=1S/C15H19F3N2O.ClH/c16-15(17,18)9-11-4-1-2-7-13(11)20-14(21)8-10-5-3-6-12(10)19;/h1-2,4,7,10,12H,3,5-6,8-9,19H2,(H,20,21);1H/t10-,12+;/m0./s1. The predicted molar refractivity (Wildman–Crippen MR) is 82.0 cm³/mol. The van der Waals surface area contributed by atoms with Gasteiger partial charge in [0.15, 0.2) is 0 Å². The van der Waals surface area contributed by atoms with Crippen molar-refractivity contribution in [2.45, 2.75) is 44.3 Å². The summed E-state index contributed by atoms with van der Waals surface area (Å²) in [6, 6.07) is 6.03. The molecule has 1 amide bonds. The van der Waals surface area contributed by atoms with Gasteiger partial charge < -0.3 is 11.1 Å². The molecule has 22 heavy (non-hydrogen) atoms. The van der Waals surface area contributed by atoms with Crippen molar-refractivity contribution in [3.05, 3.63) is 29.8 Å². The Balaban J connectivity index is 0.00000242. The van der Waals surface area contributed by atoms with Gasteiger partial charge in [0.2, 0.25) is 5.91 Å². The zero-order valence-electron chi connectivity index (χ0n) is 12.0. The topological polar surface area (TPSA) is 55.1 Å².